The minimum atomic E-state index is -0.764. The summed E-state index contributed by atoms with van der Waals surface area (Å²) in [5.74, 6) is -0.764. The lowest BCUT2D eigenvalue weighted by atomic mass is 10.1. The van der Waals surface area contributed by atoms with Gasteiger partial charge in [-0.25, -0.2) is 4.79 Å². The van der Waals surface area contributed by atoms with E-state index in [2.05, 4.69) is 5.32 Å². The number of carboxylic acids is 1. The number of aliphatic carboxylic acids is 1. The summed E-state index contributed by atoms with van der Waals surface area (Å²) in [7, 11) is 0. The van der Waals surface area contributed by atoms with Crippen LogP contribution in [0.25, 0.3) is 0 Å². The maximum atomic E-state index is 11.5. The van der Waals surface area contributed by atoms with Crippen LogP contribution in [-0.4, -0.2) is 30.2 Å². The SMILES string of the molecule is O=C(O)CCCc1ccc(N2CCNC2=O)cc1. The molecule has 2 N–H and O–H groups in total. The fourth-order valence-corrected chi connectivity index (χ4v) is 2.00. The minimum Gasteiger partial charge on any atom is -0.481 e. The number of nitrogens with zero attached hydrogens (tertiary/aromatic N) is 1. The number of carbonyl (C=O) groups is 2. The van der Waals surface area contributed by atoms with E-state index in [1.165, 1.54) is 0 Å². The first kappa shape index (κ1) is 12.4. The van der Waals surface area contributed by atoms with Gasteiger partial charge in [-0.3, -0.25) is 9.69 Å². The molecule has 1 aliphatic rings. The quantitative estimate of drug-likeness (QED) is 0.832. The van der Waals surface area contributed by atoms with E-state index in [0.717, 1.165) is 17.7 Å². The lowest BCUT2D eigenvalue weighted by Gasteiger charge is -2.14. The van der Waals surface area contributed by atoms with E-state index in [1.54, 1.807) is 4.90 Å². The molecule has 2 amide bonds. The van der Waals surface area contributed by atoms with Crippen LogP contribution in [0.3, 0.4) is 0 Å². The molecule has 1 fully saturated rings. The number of carbonyl (C=O) groups excluding carboxylic acids is 1. The number of rotatable bonds is 5. The lowest BCUT2D eigenvalue weighted by Crippen LogP contribution is -2.27. The van der Waals surface area contributed by atoms with E-state index < -0.39 is 5.97 Å². The molecule has 1 heterocycles. The van der Waals surface area contributed by atoms with Crippen LogP contribution in [0.1, 0.15) is 18.4 Å². The van der Waals surface area contributed by atoms with Crippen molar-refractivity contribution in [2.24, 2.45) is 0 Å². The number of nitrogens with one attached hydrogen (secondary N) is 1. The highest BCUT2D eigenvalue weighted by molar-refractivity contribution is 5.93. The molecule has 0 bridgehead atoms. The second-order valence-corrected chi connectivity index (χ2v) is 4.30. The molecular formula is C13H16N2O3. The Hall–Kier alpha value is -2.04. The van der Waals surface area contributed by atoms with Gasteiger partial charge in [0, 0.05) is 25.2 Å². The van der Waals surface area contributed by atoms with E-state index in [9.17, 15) is 9.59 Å². The average molecular weight is 248 g/mol. The zero-order valence-electron chi connectivity index (χ0n) is 10.1. The van der Waals surface area contributed by atoms with Crippen molar-refractivity contribution in [3.05, 3.63) is 29.8 Å². The second kappa shape index (κ2) is 5.53. The van der Waals surface area contributed by atoms with Crippen molar-refractivity contribution in [2.75, 3.05) is 18.0 Å². The molecule has 5 heteroatoms. The van der Waals surface area contributed by atoms with Crippen LogP contribution in [-0.2, 0) is 11.2 Å². The van der Waals surface area contributed by atoms with Crippen molar-refractivity contribution in [1.29, 1.82) is 0 Å². The summed E-state index contributed by atoms with van der Waals surface area (Å²) in [5.41, 5.74) is 1.98. The fourth-order valence-electron chi connectivity index (χ4n) is 2.00. The highest BCUT2D eigenvalue weighted by Gasteiger charge is 2.20. The monoisotopic (exact) mass is 248 g/mol. The molecule has 0 unspecified atom stereocenters. The molecule has 0 saturated carbocycles. The van der Waals surface area contributed by atoms with Gasteiger partial charge in [0.05, 0.1) is 0 Å². The molecule has 0 aliphatic carbocycles. The highest BCUT2D eigenvalue weighted by Crippen LogP contribution is 2.18. The summed E-state index contributed by atoms with van der Waals surface area (Å²) >= 11 is 0. The Morgan fingerprint density at radius 2 is 2.06 bits per heavy atom. The van der Waals surface area contributed by atoms with Gasteiger partial charge in [0.15, 0.2) is 0 Å². The zero-order valence-corrected chi connectivity index (χ0v) is 10.1. The highest BCUT2D eigenvalue weighted by atomic mass is 16.4. The van der Waals surface area contributed by atoms with Crippen molar-refractivity contribution in [3.8, 4) is 0 Å². The van der Waals surface area contributed by atoms with E-state index in [1.807, 2.05) is 24.3 Å². The van der Waals surface area contributed by atoms with Crippen LogP contribution in [0.15, 0.2) is 24.3 Å². The third kappa shape index (κ3) is 3.00. The van der Waals surface area contributed by atoms with Gasteiger partial charge in [0.25, 0.3) is 0 Å². The number of aryl methyl sites for hydroxylation is 1. The summed E-state index contributed by atoms with van der Waals surface area (Å²) in [6.45, 7) is 1.37. The molecule has 2 rings (SSSR count). The molecule has 0 atom stereocenters. The molecule has 1 aromatic rings. The largest absolute Gasteiger partial charge is 0.481 e. The van der Waals surface area contributed by atoms with Gasteiger partial charge >= 0.3 is 12.0 Å². The van der Waals surface area contributed by atoms with Gasteiger partial charge in [-0.05, 0) is 30.5 Å². The number of hydrogen-bond donors (Lipinski definition) is 2. The van der Waals surface area contributed by atoms with Crippen LogP contribution < -0.4 is 10.2 Å². The molecule has 5 nitrogen and oxygen atoms in total. The number of anilines is 1. The average Bonchev–Trinajstić information content (AvgIpc) is 2.76. The number of benzene rings is 1. The van der Waals surface area contributed by atoms with Gasteiger partial charge < -0.3 is 10.4 Å². The van der Waals surface area contributed by atoms with Crippen molar-refractivity contribution >= 4 is 17.7 Å². The van der Waals surface area contributed by atoms with E-state index >= 15 is 0 Å². The van der Waals surface area contributed by atoms with Gasteiger partial charge in [-0.2, -0.15) is 0 Å². The Kier molecular flexibility index (Phi) is 3.82. The lowest BCUT2D eigenvalue weighted by molar-refractivity contribution is -0.137. The Morgan fingerprint density at radius 3 is 2.61 bits per heavy atom. The number of amides is 2. The third-order valence-electron chi connectivity index (χ3n) is 2.96. The van der Waals surface area contributed by atoms with Crippen LogP contribution in [0, 0.1) is 0 Å². The van der Waals surface area contributed by atoms with Crippen LogP contribution in [0.5, 0.6) is 0 Å². The Labute approximate surface area is 105 Å². The predicted octanol–water partition coefficient (Wildman–Crippen LogP) is 1.62. The molecule has 0 aromatic heterocycles. The van der Waals surface area contributed by atoms with E-state index in [-0.39, 0.29) is 12.5 Å². The van der Waals surface area contributed by atoms with Crippen LogP contribution >= 0.6 is 0 Å². The fraction of sp³-hybridized carbons (Fsp3) is 0.385. The van der Waals surface area contributed by atoms with E-state index in [0.29, 0.717) is 19.5 Å². The van der Waals surface area contributed by atoms with Gasteiger partial charge in [0.1, 0.15) is 0 Å². The first-order chi connectivity index (χ1) is 8.66. The second-order valence-electron chi connectivity index (χ2n) is 4.30. The van der Waals surface area contributed by atoms with Crippen LogP contribution in [0.4, 0.5) is 10.5 Å². The molecule has 1 saturated heterocycles. The first-order valence-corrected chi connectivity index (χ1v) is 6.03. The van der Waals surface area contributed by atoms with Gasteiger partial charge in [-0.15, -0.1) is 0 Å². The summed E-state index contributed by atoms with van der Waals surface area (Å²) in [6, 6.07) is 7.64. The molecule has 1 aromatic carbocycles. The topological polar surface area (TPSA) is 69.6 Å². The summed E-state index contributed by atoms with van der Waals surface area (Å²) < 4.78 is 0. The summed E-state index contributed by atoms with van der Waals surface area (Å²) in [5, 5.41) is 11.3. The van der Waals surface area contributed by atoms with Crippen molar-refractivity contribution in [1.82, 2.24) is 5.32 Å². The molecular weight excluding hydrogens is 232 g/mol. The maximum Gasteiger partial charge on any atom is 0.321 e. The van der Waals surface area contributed by atoms with Gasteiger partial charge in [-0.1, -0.05) is 12.1 Å². The molecule has 18 heavy (non-hydrogen) atoms. The van der Waals surface area contributed by atoms with Crippen molar-refractivity contribution in [2.45, 2.75) is 19.3 Å². The Bertz CT molecular complexity index is 442. The summed E-state index contributed by atoms with van der Waals surface area (Å²) in [6.07, 6.45) is 1.58. The smallest absolute Gasteiger partial charge is 0.321 e. The predicted molar refractivity (Wildman–Crippen MR) is 67.8 cm³/mol. The maximum absolute atomic E-state index is 11.5. The third-order valence-corrected chi connectivity index (χ3v) is 2.96. The van der Waals surface area contributed by atoms with Gasteiger partial charge in [0.2, 0.25) is 0 Å². The normalized spacial score (nSPS) is 14.7. The molecule has 0 radical (unpaired) electrons. The standard InChI is InChI=1S/C13H16N2O3/c16-12(17)3-1-2-10-4-6-11(7-5-10)15-9-8-14-13(15)18/h4-7H,1-3,8-9H2,(H,14,18)(H,16,17). The molecule has 1 aliphatic heterocycles. The van der Waals surface area contributed by atoms with Crippen molar-refractivity contribution < 1.29 is 14.7 Å². The molecule has 96 valence electrons. The zero-order chi connectivity index (χ0) is 13.0. The minimum absolute atomic E-state index is 0.0615. The number of carboxylic acid groups (broad SMARTS) is 1. The summed E-state index contributed by atoms with van der Waals surface area (Å²) in [4.78, 5) is 23.6. The van der Waals surface area contributed by atoms with E-state index in [4.69, 9.17) is 5.11 Å². The number of urea groups is 1. The van der Waals surface area contributed by atoms with Crippen molar-refractivity contribution in [3.63, 3.8) is 0 Å². The molecule has 0 spiro atoms. The number of hydrogen-bond acceptors (Lipinski definition) is 2. The Balaban J connectivity index is 1.93. The first-order valence-electron chi connectivity index (χ1n) is 6.03. The van der Waals surface area contributed by atoms with Crippen LogP contribution in [0.2, 0.25) is 0 Å². The Morgan fingerprint density at radius 1 is 1.33 bits per heavy atom.